The van der Waals surface area contributed by atoms with Gasteiger partial charge in [0.1, 0.15) is 0 Å². The normalized spacial score (nSPS) is 21.4. The van der Waals surface area contributed by atoms with Gasteiger partial charge in [-0.3, -0.25) is 4.90 Å². The number of piperidine rings is 1. The first-order chi connectivity index (χ1) is 10.2. The molecule has 118 valence electrons. The van der Waals surface area contributed by atoms with Crippen LogP contribution < -0.4 is 5.73 Å². The molecule has 0 aromatic heterocycles. The van der Waals surface area contributed by atoms with Gasteiger partial charge in [-0.05, 0) is 59.4 Å². The Morgan fingerprint density at radius 3 is 3.00 bits per heavy atom. The van der Waals surface area contributed by atoms with Crippen molar-refractivity contribution in [2.45, 2.75) is 38.3 Å². The van der Waals surface area contributed by atoms with E-state index in [1.165, 1.54) is 12.0 Å². The van der Waals surface area contributed by atoms with Gasteiger partial charge in [0.25, 0.3) is 0 Å². The number of hydrogen-bond donors (Lipinski definition) is 1. The van der Waals surface area contributed by atoms with Crippen molar-refractivity contribution in [3.8, 4) is 0 Å². The molecule has 1 aromatic carbocycles. The zero-order valence-electron chi connectivity index (χ0n) is 12.5. The standard InChI is InChI=1S/C16H24BrClN2O/c1-2-8-21-13-4-3-7-20(11-13)16(10-19)12-5-6-15(18)14(17)9-12/h5-6,9,13,16H,2-4,7-8,10-11,19H2,1H3. The average Bonchev–Trinajstić information content (AvgIpc) is 2.50. The van der Waals surface area contributed by atoms with Crippen molar-refractivity contribution in [1.82, 2.24) is 4.90 Å². The van der Waals surface area contributed by atoms with Crippen LogP contribution in [0.15, 0.2) is 22.7 Å². The Labute approximate surface area is 140 Å². The quantitative estimate of drug-likeness (QED) is 0.817. The highest BCUT2D eigenvalue weighted by Gasteiger charge is 2.26. The van der Waals surface area contributed by atoms with Gasteiger partial charge in [0.05, 0.1) is 11.1 Å². The highest BCUT2D eigenvalue weighted by Crippen LogP contribution is 2.30. The number of rotatable bonds is 6. The van der Waals surface area contributed by atoms with Gasteiger partial charge >= 0.3 is 0 Å². The first-order valence-electron chi connectivity index (χ1n) is 7.66. The number of hydrogen-bond acceptors (Lipinski definition) is 3. The van der Waals surface area contributed by atoms with E-state index in [4.69, 9.17) is 22.1 Å². The van der Waals surface area contributed by atoms with Gasteiger partial charge in [-0.2, -0.15) is 0 Å². The van der Waals surface area contributed by atoms with E-state index in [9.17, 15) is 0 Å². The van der Waals surface area contributed by atoms with Crippen LogP contribution in [0.2, 0.25) is 5.02 Å². The third-order valence-corrected chi connectivity index (χ3v) is 5.17. The average molecular weight is 376 g/mol. The second kappa shape index (κ2) is 8.49. The summed E-state index contributed by atoms with van der Waals surface area (Å²) in [7, 11) is 0. The van der Waals surface area contributed by atoms with Crippen molar-refractivity contribution in [3.05, 3.63) is 33.3 Å². The minimum absolute atomic E-state index is 0.228. The summed E-state index contributed by atoms with van der Waals surface area (Å²) in [6.45, 7) is 5.64. The van der Waals surface area contributed by atoms with Crippen LogP contribution in [0.4, 0.5) is 0 Å². The summed E-state index contributed by atoms with van der Waals surface area (Å²) < 4.78 is 6.85. The fourth-order valence-corrected chi connectivity index (χ4v) is 3.40. The van der Waals surface area contributed by atoms with E-state index in [-0.39, 0.29) is 6.04 Å². The van der Waals surface area contributed by atoms with Crippen molar-refractivity contribution in [2.75, 3.05) is 26.2 Å². The van der Waals surface area contributed by atoms with Gasteiger partial charge in [-0.25, -0.2) is 0 Å². The number of benzene rings is 1. The molecule has 0 spiro atoms. The highest BCUT2D eigenvalue weighted by atomic mass is 79.9. The van der Waals surface area contributed by atoms with Crippen LogP contribution in [0, 0.1) is 0 Å². The van der Waals surface area contributed by atoms with Gasteiger partial charge in [-0.15, -0.1) is 0 Å². The van der Waals surface area contributed by atoms with Crippen LogP contribution >= 0.6 is 27.5 Å². The maximum atomic E-state index is 6.08. The Hall–Kier alpha value is -0.130. The molecule has 0 saturated carbocycles. The van der Waals surface area contributed by atoms with Crippen LogP contribution in [0.5, 0.6) is 0 Å². The van der Waals surface area contributed by atoms with E-state index in [0.717, 1.165) is 42.0 Å². The fraction of sp³-hybridized carbons (Fsp3) is 0.625. The molecule has 2 atom stereocenters. The smallest absolute Gasteiger partial charge is 0.0702 e. The maximum absolute atomic E-state index is 6.08. The van der Waals surface area contributed by atoms with E-state index in [1.807, 2.05) is 6.07 Å². The Bertz CT molecular complexity index is 458. The van der Waals surface area contributed by atoms with E-state index >= 15 is 0 Å². The largest absolute Gasteiger partial charge is 0.377 e. The van der Waals surface area contributed by atoms with Crippen molar-refractivity contribution < 1.29 is 4.74 Å². The zero-order chi connectivity index (χ0) is 15.2. The number of nitrogens with two attached hydrogens (primary N) is 1. The van der Waals surface area contributed by atoms with Crippen LogP contribution in [-0.4, -0.2) is 37.2 Å². The van der Waals surface area contributed by atoms with Crippen molar-refractivity contribution in [2.24, 2.45) is 5.73 Å². The maximum Gasteiger partial charge on any atom is 0.0702 e. The summed E-state index contributed by atoms with van der Waals surface area (Å²) in [5.41, 5.74) is 7.25. The molecule has 0 bridgehead atoms. The Balaban J connectivity index is 2.07. The van der Waals surface area contributed by atoms with Crippen molar-refractivity contribution >= 4 is 27.5 Å². The Kier molecular flexibility index (Phi) is 6.96. The molecule has 1 aliphatic heterocycles. The summed E-state index contributed by atoms with van der Waals surface area (Å²) in [5.74, 6) is 0. The minimum Gasteiger partial charge on any atom is -0.377 e. The number of halogens is 2. The molecule has 2 rings (SSSR count). The van der Waals surface area contributed by atoms with Gasteiger partial charge in [0.15, 0.2) is 0 Å². The Morgan fingerprint density at radius 2 is 2.33 bits per heavy atom. The predicted molar refractivity (Wildman–Crippen MR) is 91.8 cm³/mol. The van der Waals surface area contributed by atoms with Gasteiger partial charge in [-0.1, -0.05) is 24.6 Å². The molecule has 21 heavy (non-hydrogen) atoms. The summed E-state index contributed by atoms with van der Waals surface area (Å²) in [6.07, 6.45) is 3.72. The second-order valence-electron chi connectivity index (χ2n) is 5.56. The van der Waals surface area contributed by atoms with Gasteiger partial charge < -0.3 is 10.5 Å². The van der Waals surface area contributed by atoms with E-state index < -0.39 is 0 Å². The lowest BCUT2D eigenvalue weighted by Crippen LogP contribution is -2.44. The molecule has 2 N–H and O–H groups in total. The molecule has 3 nitrogen and oxygen atoms in total. The van der Waals surface area contributed by atoms with E-state index in [0.29, 0.717) is 12.6 Å². The summed E-state index contributed by atoms with van der Waals surface area (Å²) in [4.78, 5) is 2.44. The third kappa shape index (κ3) is 4.67. The van der Waals surface area contributed by atoms with E-state index in [2.05, 4.69) is 39.9 Å². The summed E-state index contributed by atoms with van der Waals surface area (Å²) >= 11 is 9.58. The molecule has 1 saturated heterocycles. The molecule has 1 aliphatic rings. The lowest BCUT2D eigenvalue weighted by atomic mass is 10.0. The monoisotopic (exact) mass is 374 g/mol. The first kappa shape index (κ1) is 17.2. The number of likely N-dealkylation sites (tertiary alicyclic amines) is 1. The minimum atomic E-state index is 0.228. The van der Waals surface area contributed by atoms with E-state index in [1.54, 1.807) is 0 Å². The second-order valence-corrected chi connectivity index (χ2v) is 6.82. The summed E-state index contributed by atoms with van der Waals surface area (Å²) in [5, 5.41) is 0.734. The molecule has 0 aliphatic carbocycles. The summed E-state index contributed by atoms with van der Waals surface area (Å²) in [6, 6.07) is 6.31. The molecule has 1 aromatic rings. The van der Waals surface area contributed by atoms with Gasteiger partial charge in [0.2, 0.25) is 0 Å². The molecule has 0 radical (unpaired) electrons. The third-order valence-electron chi connectivity index (χ3n) is 3.96. The first-order valence-corrected chi connectivity index (χ1v) is 8.83. The molecule has 0 amide bonds. The molecule has 1 fully saturated rings. The lowest BCUT2D eigenvalue weighted by Gasteiger charge is -2.38. The van der Waals surface area contributed by atoms with Crippen LogP contribution in [-0.2, 0) is 4.74 Å². The van der Waals surface area contributed by atoms with Crippen LogP contribution in [0.3, 0.4) is 0 Å². The SMILES string of the molecule is CCCOC1CCCN(C(CN)c2ccc(Cl)c(Br)c2)C1. The number of nitrogens with zero attached hydrogens (tertiary/aromatic N) is 1. The predicted octanol–water partition coefficient (Wildman–Crippen LogP) is 3.99. The number of ether oxygens (including phenoxy) is 1. The Morgan fingerprint density at radius 1 is 1.52 bits per heavy atom. The topological polar surface area (TPSA) is 38.5 Å². The van der Waals surface area contributed by atoms with Gasteiger partial charge in [0, 0.05) is 30.2 Å². The molecule has 1 heterocycles. The zero-order valence-corrected chi connectivity index (χ0v) is 14.9. The molecular weight excluding hydrogens is 352 g/mol. The molecule has 2 unspecified atom stereocenters. The lowest BCUT2D eigenvalue weighted by molar-refractivity contribution is -0.0118. The molecular formula is C16H24BrClN2O. The highest BCUT2D eigenvalue weighted by molar-refractivity contribution is 9.10. The fourth-order valence-electron chi connectivity index (χ4n) is 2.89. The van der Waals surface area contributed by atoms with Crippen molar-refractivity contribution in [3.63, 3.8) is 0 Å². The molecule has 5 heteroatoms. The van der Waals surface area contributed by atoms with Crippen LogP contribution in [0.1, 0.15) is 37.8 Å². The van der Waals surface area contributed by atoms with Crippen LogP contribution in [0.25, 0.3) is 0 Å². The van der Waals surface area contributed by atoms with Crippen molar-refractivity contribution in [1.29, 1.82) is 0 Å².